The maximum Gasteiger partial charge on any atom is 0.367 e. The van der Waals surface area contributed by atoms with Crippen molar-refractivity contribution in [2.45, 2.75) is 43.1 Å². The minimum absolute atomic E-state index is 0.0694. The zero-order chi connectivity index (χ0) is 21.6. The minimum Gasteiger partial charge on any atom is -0.471 e. The van der Waals surface area contributed by atoms with Crippen molar-refractivity contribution in [1.29, 1.82) is 0 Å². The predicted molar refractivity (Wildman–Crippen MR) is 97.6 cm³/mol. The lowest BCUT2D eigenvalue weighted by molar-refractivity contribution is -0.339. The van der Waals surface area contributed by atoms with Crippen LogP contribution in [0.25, 0.3) is 0 Å². The number of aliphatic hydroxyl groups excluding tert-OH is 4. The van der Waals surface area contributed by atoms with Gasteiger partial charge in [0.25, 0.3) is 0 Å². The molecule has 166 valence electrons. The van der Waals surface area contributed by atoms with Crippen LogP contribution >= 0.6 is 11.8 Å². The van der Waals surface area contributed by atoms with Crippen LogP contribution in [0, 0.1) is 11.8 Å². The number of esters is 1. The van der Waals surface area contributed by atoms with Gasteiger partial charge in [0.1, 0.15) is 37.1 Å². The molecule has 4 aliphatic rings. The number of carbonyl (C=O) groups excluding carboxylic acids is 2. The van der Waals surface area contributed by atoms with Crippen molar-refractivity contribution in [1.82, 2.24) is 0 Å². The number of thioether (sulfide) groups is 1. The Labute approximate surface area is 175 Å². The van der Waals surface area contributed by atoms with E-state index in [0.29, 0.717) is 11.1 Å². The number of carbonyl (C=O) groups is 2. The molecule has 0 radical (unpaired) electrons. The Balaban J connectivity index is 1.54. The van der Waals surface area contributed by atoms with Crippen molar-refractivity contribution in [3.05, 3.63) is 23.5 Å². The molecular weight excluding hydrogens is 424 g/mol. The molecule has 0 amide bonds. The fraction of sp³-hybridized carbons (Fsp3) is 0.667. The van der Waals surface area contributed by atoms with Gasteiger partial charge in [-0.05, 0) is 29.7 Å². The molecule has 30 heavy (non-hydrogen) atoms. The smallest absolute Gasteiger partial charge is 0.367 e. The summed E-state index contributed by atoms with van der Waals surface area (Å²) in [6.07, 6.45) is -4.47. The van der Waals surface area contributed by atoms with E-state index in [1.807, 2.05) is 0 Å². The maximum absolute atomic E-state index is 12.0. The van der Waals surface area contributed by atoms with Crippen LogP contribution in [-0.2, 0) is 28.5 Å². The summed E-state index contributed by atoms with van der Waals surface area (Å²) < 4.78 is 27.2. The van der Waals surface area contributed by atoms with Crippen LogP contribution in [0.5, 0.6) is 0 Å². The predicted octanol–water partition coefficient (Wildman–Crippen LogP) is -1.36. The molecule has 0 aromatic rings. The lowest BCUT2D eigenvalue weighted by atomic mass is 9.84. The summed E-state index contributed by atoms with van der Waals surface area (Å²) in [7, 11) is 0. The Kier molecular flexibility index (Phi) is 6.08. The summed E-state index contributed by atoms with van der Waals surface area (Å²) >= 11 is 0.910. The zero-order valence-corrected chi connectivity index (χ0v) is 16.6. The molecule has 0 bridgehead atoms. The van der Waals surface area contributed by atoms with Crippen LogP contribution in [0.1, 0.15) is 0 Å². The van der Waals surface area contributed by atoms with Gasteiger partial charge in [-0.25, -0.2) is 9.59 Å². The molecular formula is C18H22O11S. The first kappa shape index (κ1) is 21.6. The van der Waals surface area contributed by atoms with Crippen LogP contribution < -0.4 is 0 Å². The molecule has 9 atom stereocenters. The molecule has 0 aromatic carbocycles. The fourth-order valence-electron chi connectivity index (χ4n) is 4.14. The normalized spacial score (nSPS) is 42.0. The van der Waals surface area contributed by atoms with Crippen LogP contribution in [0.15, 0.2) is 23.5 Å². The Hall–Kier alpha value is -1.67. The van der Waals surface area contributed by atoms with E-state index in [2.05, 4.69) is 0 Å². The summed E-state index contributed by atoms with van der Waals surface area (Å²) in [6.45, 7) is -0.674. The van der Waals surface area contributed by atoms with Gasteiger partial charge in [0.15, 0.2) is 6.29 Å². The number of aliphatic hydroxyl groups is 4. The van der Waals surface area contributed by atoms with E-state index in [1.165, 1.54) is 6.26 Å². The van der Waals surface area contributed by atoms with Crippen molar-refractivity contribution in [2.24, 2.45) is 11.8 Å². The average molecular weight is 446 g/mol. The molecule has 11 nitrogen and oxygen atoms in total. The summed E-state index contributed by atoms with van der Waals surface area (Å²) in [5.41, 5.74) is 0.932. The number of rotatable bonds is 5. The van der Waals surface area contributed by atoms with Gasteiger partial charge in [-0.1, -0.05) is 0 Å². The van der Waals surface area contributed by atoms with Crippen molar-refractivity contribution in [3.8, 4) is 0 Å². The molecule has 12 heteroatoms. The van der Waals surface area contributed by atoms with Gasteiger partial charge in [0.05, 0.1) is 24.4 Å². The third kappa shape index (κ3) is 3.62. The van der Waals surface area contributed by atoms with E-state index in [1.54, 1.807) is 12.3 Å². The van der Waals surface area contributed by atoms with Crippen molar-refractivity contribution in [2.75, 3.05) is 19.5 Å². The van der Waals surface area contributed by atoms with Gasteiger partial charge in [-0.3, -0.25) is 0 Å². The molecule has 4 rings (SSSR count). The standard InChI is InChI=1S/C18H22O11S/c1-30-18(24)26-4-6-2-8-11-7(15(23)27-8)5-25-16(10(6)11)29-17-14(22)13(21)12(20)9(3-19)28-17/h2,5,8-14,16-17,19-22H,3-4H2,1H3/t8-,9+,10+,11-,12+,13-,14+,16-,17-/m1/s1. The molecule has 0 spiro atoms. The van der Waals surface area contributed by atoms with E-state index >= 15 is 0 Å². The van der Waals surface area contributed by atoms with Crippen LogP contribution in [-0.4, -0.2) is 94.3 Å². The third-order valence-electron chi connectivity index (χ3n) is 5.65. The quantitative estimate of drug-likeness (QED) is 0.290. The topological polar surface area (TPSA) is 161 Å². The van der Waals surface area contributed by atoms with Gasteiger partial charge < -0.3 is 44.1 Å². The van der Waals surface area contributed by atoms with Crippen molar-refractivity contribution >= 4 is 23.0 Å². The first-order valence-corrected chi connectivity index (χ1v) is 10.5. The van der Waals surface area contributed by atoms with E-state index in [0.717, 1.165) is 11.8 Å². The second-order valence-corrected chi connectivity index (χ2v) is 8.06. The summed E-state index contributed by atoms with van der Waals surface area (Å²) in [6, 6.07) is 0. The molecule has 1 aliphatic carbocycles. The summed E-state index contributed by atoms with van der Waals surface area (Å²) in [5.74, 6) is -1.52. The van der Waals surface area contributed by atoms with Gasteiger partial charge in [0, 0.05) is 5.92 Å². The van der Waals surface area contributed by atoms with Crippen molar-refractivity contribution in [3.63, 3.8) is 0 Å². The molecule has 2 fully saturated rings. The van der Waals surface area contributed by atoms with Gasteiger partial charge in [0.2, 0.25) is 6.29 Å². The highest BCUT2D eigenvalue weighted by Crippen LogP contribution is 2.49. The highest BCUT2D eigenvalue weighted by atomic mass is 32.2. The van der Waals surface area contributed by atoms with Crippen LogP contribution in [0.3, 0.4) is 0 Å². The molecule has 2 saturated heterocycles. The van der Waals surface area contributed by atoms with E-state index in [4.69, 9.17) is 23.7 Å². The van der Waals surface area contributed by atoms with Gasteiger partial charge in [-0.15, -0.1) is 0 Å². The number of ether oxygens (including phenoxy) is 5. The minimum atomic E-state index is -1.61. The second kappa shape index (κ2) is 8.46. The fourth-order valence-corrected chi connectivity index (χ4v) is 4.31. The molecule has 3 aliphatic heterocycles. The molecule has 0 aromatic heterocycles. The van der Waals surface area contributed by atoms with Gasteiger partial charge in [-0.2, -0.15) is 0 Å². The Morgan fingerprint density at radius 2 is 1.93 bits per heavy atom. The largest absolute Gasteiger partial charge is 0.471 e. The lowest BCUT2D eigenvalue weighted by Crippen LogP contribution is -2.60. The van der Waals surface area contributed by atoms with E-state index < -0.39 is 72.8 Å². The summed E-state index contributed by atoms with van der Waals surface area (Å²) in [4.78, 5) is 23.6. The zero-order valence-electron chi connectivity index (χ0n) is 15.8. The number of hydrogen-bond acceptors (Lipinski definition) is 12. The molecule has 4 N–H and O–H groups in total. The average Bonchev–Trinajstić information content (AvgIpc) is 3.26. The van der Waals surface area contributed by atoms with E-state index in [-0.39, 0.29) is 6.61 Å². The summed E-state index contributed by atoms with van der Waals surface area (Å²) in [5, 5.41) is 39.0. The highest BCUT2D eigenvalue weighted by Gasteiger charge is 2.56. The SMILES string of the molecule is CSC(=O)OCC1=C[C@H]2OC(=O)C3=CO[C@H](O[C@H]4O[C@@H](CO)[C@H](O)[C@@H](O)[C@@H]4O)[C@@H]1[C@H]32. The molecule has 3 heterocycles. The van der Waals surface area contributed by atoms with Crippen LogP contribution in [0.2, 0.25) is 0 Å². The number of hydrogen-bond donors (Lipinski definition) is 4. The monoisotopic (exact) mass is 446 g/mol. The maximum atomic E-state index is 12.0. The second-order valence-electron chi connectivity index (χ2n) is 7.32. The first-order chi connectivity index (χ1) is 14.3. The Morgan fingerprint density at radius 3 is 2.63 bits per heavy atom. The lowest BCUT2D eigenvalue weighted by Gasteiger charge is -2.42. The Morgan fingerprint density at radius 1 is 1.17 bits per heavy atom. The highest BCUT2D eigenvalue weighted by molar-refractivity contribution is 8.12. The molecule has 0 unspecified atom stereocenters. The van der Waals surface area contributed by atoms with Gasteiger partial charge >= 0.3 is 11.3 Å². The van der Waals surface area contributed by atoms with Crippen LogP contribution in [0.4, 0.5) is 4.79 Å². The molecule has 0 saturated carbocycles. The van der Waals surface area contributed by atoms with E-state index in [9.17, 15) is 30.0 Å². The Bertz CT molecular complexity index is 765. The van der Waals surface area contributed by atoms with Crippen molar-refractivity contribution < 1.29 is 53.7 Å². The third-order valence-corrected chi connectivity index (χ3v) is 6.10. The first-order valence-electron chi connectivity index (χ1n) is 9.29.